The minimum atomic E-state index is -0.193. The molecule has 0 saturated carbocycles. The summed E-state index contributed by atoms with van der Waals surface area (Å²) in [6.07, 6.45) is 3.69. The molecule has 0 aliphatic carbocycles. The Morgan fingerprint density at radius 2 is 1.80 bits per heavy atom. The van der Waals surface area contributed by atoms with E-state index in [0.29, 0.717) is 12.5 Å². The van der Waals surface area contributed by atoms with E-state index >= 15 is 0 Å². The number of benzene rings is 1. The summed E-state index contributed by atoms with van der Waals surface area (Å²) in [5.74, 6) is 1.24. The predicted molar refractivity (Wildman–Crippen MR) is 143 cm³/mol. The second-order valence-electron chi connectivity index (χ2n) is 10.0. The summed E-state index contributed by atoms with van der Waals surface area (Å²) in [5, 5.41) is 7.42. The lowest BCUT2D eigenvalue weighted by atomic mass is 9.77. The fourth-order valence-corrected chi connectivity index (χ4v) is 5.82. The van der Waals surface area contributed by atoms with Crippen molar-refractivity contribution in [2.75, 3.05) is 33.3 Å². The van der Waals surface area contributed by atoms with Gasteiger partial charge in [-0.1, -0.05) is 26.0 Å². The Hall–Kier alpha value is -2.09. The van der Waals surface area contributed by atoms with Gasteiger partial charge in [-0.05, 0) is 78.9 Å². The lowest BCUT2D eigenvalue weighted by Crippen LogP contribution is -2.45. The molecule has 2 aliphatic rings. The first-order valence-corrected chi connectivity index (χ1v) is 13.3. The topological polar surface area (TPSA) is 61.9 Å². The number of likely N-dealkylation sites (tertiary alicyclic amines) is 2. The quantitative estimate of drug-likeness (QED) is 0.512. The van der Waals surface area contributed by atoms with Gasteiger partial charge >= 0.3 is 0 Å². The van der Waals surface area contributed by atoms with E-state index in [0.717, 1.165) is 63.2 Å². The van der Waals surface area contributed by atoms with Crippen LogP contribution in [0.2, 0.25) is 0 Å². The maximum Gasteiger partial charge on any atom is 0.229 e. The minimum absolute atomic E-state index is 0. The summed E-state index contributed by atoms with van der Waals surface area (Å²) in [4.78, 5) is 30.2. The number of ether oxygens (including phenoxy) is 1. The fraction of sp³-hybridized carbons (Fsp3) is 0.556. The molecule has 6 nitrogen and oxygen atoms in total. The van der Waals surface area contributed by atoms with Gasteiger partial charge in [-0.25, -0.2) is 0 Å². The molecule has 1 N–H and O–H groups in total. The second-order valence-corrected chi connectivity index (χ2v) is 10.8. The molecule has 1 aromatic carbocycles. The van der Waals surface area contributed by atoms with Crippen LogP contribution in [0.15, 0.2) is 41.1 Å². The van der Waals surface area contributed by atoms with Crippen molar-refractivity contribution in [1.82, 2.24) is 15.1 Å². The summed E-state index contributed by atoms with van der Waals surface area (Å²) in [6.45, 7) is 8.19. The van der Waals surface area contributed by atoms with Crippen LogP contribution in [-0.2, 0) is 16.1 Å². The molecule has 3 heterocycles. The van der Waals surface area contributed by atoms with Gasteiger partial charge in [-0.2, -0.15) is 11.3 Å². The molecule has 35 heavy (non-hydrogen) atoms. The number of thiophene rings is 1. The van der Waals surface area contributed by atoms with Crippen LogP contribution in [0.1, 0.15) is 56.7 Å². The molecule has 2 saturated heterocycles. The van der Waals surface area contributed by atoms with Gasteiger partial charge in [0.2, 0.25) is 11.8 Å². The molecule has 2 fully saturated rings. The first-order chi connectivity index (χ1) is 16.4. The van der Waals surface area contributed by atoms with Crippen LogP contribution < -0.4 is 10.1 Å². The highest BCUT2D eigenvalue weighted by atomic mass is 35.5. The second kappa shape index (κ2) is 12.2. The maximum atomic E-state index is 13.4. The summed E-state index contributed by atoms with van der Waals surface area (Å²) >= 11 is 1.67. The molecule has 1 aromatic heterocycles. The van der Waals surface area contributed by atoms with Gasteiger partial charge in [0.1, 0.15) is 5.75 Å². The zero-order valence-corrected chi connectivity index (χ0v) is 22.6. The number of nitrogens with one attached hydrogen (secondary N) is 1. The average Bonchev–Trinajstić information content (AvgIpc) is 3.48. The van der Waals surface area contributed by atoms with E-state index in [1.165, 1.54) is 5.56 Å². The lowest BCUT2D eigenvalue weighted by Gasteiger charge is -2.38. The Balaban J connectivity index is 0.00000342. The summed E-state index contributed by atoms with van der Waals surface area (Å²) in [5.41, 5.74) is 2.14. The first kappa shape index (κ1) is 27.5. The normalized spacial score (nSPS) is 18.5. The van der Waals surface area contributed by atoms with Gasteiger partial charge in [0.05, 0.1) is 18.6 Å². The number of carbonyl (C=O) groups is 2. The number of hydrogen-bond donors (Lipinski definition) is 1. The number of halogens is 1. The zero-order chi connectivity index (χ0) is 24.1. The van der Waals surface area contributed by atoms with Gasteiger partial charge in [-0.15, -0.1) is 12.4 Å². The number of nitrogens with zero attached hydrogens (tertiary/aromatic N) is 2. The lowest BCUT2D eigenvalue weighted by molar-refractivity contribution is -0.139. The highest BCUT2D eigenvalue weighted by Crippen LogP contribution is 2.42. The van der Waals surface area contributed by atoms with Gasteiger partial charge in [0.25, 0.3) is 0 Å². The molecule has 2 amide bonds. The van der Waals surface area contributed by atoms with Crippen LogP contribution >= 0.6 is 23.7 Å². The molecule has 0 radical (unpaired) electrons. The van der Waals surface area contributed by atoms with Crippen molar-refractivity contribution in [2.24, 2.45) is 11.3 Å². The smallest absolute Gasteiger partial charge is 0.229 e. The monoisotopic (exact) mass is 519 g/mol. The third-order valence-electron chi connectivity index (χ3n) is 7.47. The highest BCUT2D eigenvalue weighted by molar-refractivity contribution is 7.08. The fourth-order valence-electron chi connectivity index (χ4n) is 5.11. The van der Waals surface area contributed by atoms with Crippen molar-refractivity contribution in [2.45, 2.75) is 52.1 Å². The Labute approximate surface area is 219 Å². The van der Waals surface area contributed by atoms with Crippen molar-refractivity contribution >= 4 is 35.6 Å². The van der Waals surface area contributed by atoms with Gasteiger partial charge in [0, 0.05) is 25.6 Å². The van der Waals surface area contributed by atoms with E-state index in [2.05, 4.69) is 27.0 Å². The first-order valence-electron chi connectivity index (χ1n) is 12.4. The van der Waals surface area contributed by atoms with Gasteiger partial charge in [-0.3, -0.25) is 9.59 Å². The Kier molecular flexibility index (Phi) is 9.62. The standard InChI is InChI=1S/C27H37N3O3S.ClH/c1-20(2)25(31)28-24(22-9-17-34-19-22)8-13-29-14-10-27(11-15-29)12-16-30(26(27)32)18-21-4-6-23(33-3)7-5-21;/h4-7,9,17,19-20,24H,8,10-16,18H2,1-3H3,(H,28,31);1H/t24-;/m0./s1. The largest absolute Gasteiger partial charge is 0.497 e. The molecule has 2 aromatic rings. The molecule has 4 rings (SSSR count). The highest BCUT2D eigenvalue weighted by Gasteiger charge is 2.47. The van der Waals surface area contributed by atoms with Gasteiger partial charge < -0.3 is 19.9 Å². The molecule has 1 atom stereocenters. The van der Waals surface area contributed by atoms with E-state index in [4.69, 9.17) is 4.74 Å². The third-order valence-corrected chi connectivity index (χ3v) is 8.17. The predicted octanol–water partition coefficient (Wildman–Crippen LogP) is 4.90. The maximum absolute atomic E-state index is 13.4. The number of carbonyl (C=O) groups excluding carboxylic acids is 2. The van der Waals surface area contributed by atoms with Crippen LogP contribution in [0.5, 0.6) is 5.75 Å². The van der Waals surface area contributed by atoms with Crippen LogP contribution in [0.3, 0.4) is 0 Å². The van der Waals surface area contributed by atoms with E-state index in [1.54, 1.807) is 18.4 Å². The zero-order valence-electron chi connectivity index (χ0n) is 21.0. The molecule has 192 valence electrons. The van der Waals surface area contributed by atoms with Crippen molar-refractivity contribution in [3.8, 4) is 5.75 Å². The Morgan fingerprint density at radius 3 is 2.40 bits per heavy atom. The van der Waals surface area contributed by atoms with Gasteiger partial charge in [0.15, 0.2) is 0 Å². The minimum Gasteiger partial charge on any atom is -0.497 e. The molecule has 0 unspecified atom stereocenters. The molecular weight excluding hydrogens is 482 g/mol. The number of hydrogen-bond acceptors (Lipinski definition) is 5. The van der Waals surface area contributed by atoms with Crippen molar-refractivity contribution < 1.29 is 14.3 Å². The van der Waals surface area contributed by atoms with Crippen molar-refractivity contribution in [3.63, 3.8) is 0 Å². The van der Waals surface area contributed by atoms with Crippen molar-refractivity contribution in [1.29, 1.82) is 0 Å². The average molecular weight is 520 g/mol. The SMILES string of the molecule is COc1ccc(CN2CCC3(CCN(CC[C@H](NC(=O)C(C)C)c4ccsc4)CC3)C2=O)cc1.Cl. The van der Waals surface area contributed by atoms with Crippen LogP contribution in [0, 0.1) is 11.3 Å². The number of rotatable bonds is 9. The van der Waals surface area contributed by atoms with Crippen LogP contribution in [0.4, 0.5) is 0 Å². The summed E-state index contributed by atoms with van der Waals surface area (Å²) < 4.78 is 5.24. The third kappa shape index (κ3) is 6.57. The Morgan fingerprint density at radius 1 is 1.11 bits per heavy atom. The Bertz CT molecular complexity index is 957. The summed E-state index contributed by atoms with van der Waals surface area (Å²) in [6, 6.07) is 10.2. The summed E-state index contributed by atoms with van der Waals surface area (Å²) in [7, 11) is 1.67. The van der Waals surface area contributed by atoms with Crippen molar-refractivity contribution in [3.05, 3.63) is 52.2 Å². The molecule has 2 aliphatic heterocycles. The van der Waals surface area contributed by atoms with Crippen LogP contribution in [0.25, 0.3) is 0 Å². The molecule has 8 heteroatoms. The van der Waals surface area contributed by atoms with E-state index in [9.17, 15) is 9.59 Å². The van der Waals surface area contributed by atoms with Crippen LogP contribution in [-0.4, -0.2) is 54.9 Å². The number of methoxy groups -OCH3 is 1. The van der Waals surface area contributed by atoms with E-state index in [1.807, 2.05) is 43.0 Å². The van der Waals surface area contributed by atoms with E-state index in [-0.39, 0.29) is 35.7 Å². The molecular formula is C27H38ClN3O3S. The number of amides is 2. The number of piperidine rings is 1. The molecule has 0 bridgehead atoms. The molecule has 1 spiro atoms. The van der Waals surface area contributed by atoms with E-state index < -0.39 is 0 Å².